The summed E-state index contributed by atoms with van der Waals surface area (Å²) in [7, 11) is 1.36. The van der Waals surface area contributed by atoms with Gasteiger partial charge in [-0.3, -0.25) is 4.79 Å². The lowest BCUT2D eigenvalue weighted by Crippen LogP contribution is -2.40. The van der Waals surface area contributed by atoms with Crippen LogP contribution >= 0.6 is 15.9 Å². The maximum absolute atomic E-state index is 12.5. The zero-order valence-electron chi connectivity index (χ0n) is 17.8. The summed E-state index contributed by atoms with van der Waals surface area (Å²) in [4.78, 5) is 28.7. The van der Waals surface area contributed by atoms with Gasteiger partial charge in [-0.1, -0.05) is 52.3 Å². The zero-order valence-corrected chi connectivity index (χ0v) is 19.4. The number of pyridine rings is 1. The van der Waals surface area contributed by atoms with E-state index >= 15 is 0 Å². The molecule has 3 rings (SSSR count). The van der Waals surface area contributed by atoms with Crippen LogP contribution in [0.15, 0.2) is 65.3 Å². The summed E-state index contributed by atoms with van der Waals surface area (Å²) < 4.78 is 11.5. The first-order chi connectivity index (χ1) is 15.3. The van der Waals surface area contributed by atoms with Crippen molar-refractivity contribution in [2.24, 2.45) is 0 Å². The number of aromatic nitrogens is 1. The second-order valence-electron chi connectivity index (χ2n) is 7.11. The largest absolute Gasteiger partial charge is 0.503 e. The fraction of sp³-hybridized carbons (Fsp3) is 0.208. The van der Waals surface area contributed by atoms with Crippen LogP contribution in [0.1, 0.15) is 36.0 Å². The fourth-order valence-corrected chi connectivity index (χ4v) is 3.29. The first-order valence-corrected chi connectivity index (χ1v) is 10.7. The zero-order chi connectivity index (χ0) is 23.3. The van der Waals surface area contributed by atoms with E-state index in [-0.39, 0.29) is 11.4 Å². The van der Waals surface area contributed by atoms with Gasteiger partial charge in [-0.2, -0.15) is 0 Å². The molecule has 0 fully saturated rings. The molecule has 1 heterocycles. The maximum atomic E-state index is 12.5. The van der Waals surface area contributed by atoms with Crippen molar-refractivity contribution < 1.29 is 24.2 Å². The molecule has 2 atom stereocenters. The molecule has 32 heavy (non-hydrogen) atoms. The summed E-state index contributed by atoms with van der Waals surface area (Å²) in [6.45, 7) is 3.26. The molecular weight excluding hydrogens is 476 g/mol. The topological polar surface area (TPSA) is 97.8 Å². The van der Waals surface area contributed by atoms with Crippen molar-refractivity contribution in [1.82, 2.24) is 10.3 Å². The number of rotatable bonds is 7. The fourth-order valence-electron chi connectivity index (χ4n) is 3.02. The Kier molecular flexibility index (Phi) is 7.48. The van der Waals surface area contributed by atoms with E-state index in [0.717, 1.165) is 21.2 Å². The van der Waals surface area contributed by atoms with Gasteiger partial charge in [0.2, 0.25) is 0 Å². The number of benzene rings is 2. The van der Waals surface area contributed by atoms with Crippen LogP contribution in [-0.2, 0) is 9.53 Å². The highest BCUT2D eigenvalue weighted by Crippen LogP contribution is 2.28. The Morgan fingerprint density at radius 2 is 1.59 bits per heavy atom. The van der Waals surface area contributed by atoms with E-state index in [9.17, 15) is 14.7 Å². The lowest BCUT2D eigenvalue weighted by molar-refractivity contribution is -0.150. The number of hydrogen-bond donors (Lipinski definition) is 2. The SMILES string of the molecule is COc1ccnc(C(=O)N[C@@H](C)C(=O)O[C@@H](C)c2ccc(-c3ccc(Br)cc3)cc2)c1O. The molecule has 8 heteroatoms. The van der Waals surface area contributed by atoms with Crippen LogP contribution in [0.2, 0.25) is 0 Å². The van der Waals surface area contributed by atoms with E-state index < -0.39 is 29.8 Å². The van der Waals surface area contributed by atoms with E-state index in [1.165, 1.54) is 26.3 Å². The molecule has 0 aliphatic carbocycles. The quantitative estimate of drug-likeness (QED) is 0.460. The van der Waals surface area contributed by atoms with Crippen LogP contribution < -0.4 is 10.1 Å². The van der Waals surface area contributed by atoms with Gasteiger partial charge in [0.05, 0.1) is 7.11 Å². The standard InChI is InChI=1S/C24H23BrN2O5/c1-14(27-23(29)21-22(28)20(31-3)12-13-26-21)24(30)32-15(2)16-4-6-17(7-5-16)18-8-10-19(25)11-9-18/h4-15,28H,1-3H3,(H,27,29)/t14-,15-/m0/s1. The van der Waals surface area contributed by atoms with E-state index in [4.69, 9.17) is 9.47 Å². The van der Waals surface area contributed by atoms with Gasteiger partial charge >= 0.3 is 5.97 Å². The second kappa shape index (κ2) is 10.3. The number of halogens is 1. The Bertz CT molecular complexity index is 1100. The highest BCUT2D eigenvalue weighted by molar-refractivity contribution is 9.10. The van der Waals surface area contributed by atoms with Gasteiger partial charge in [0.25, 0.3) is 5.91 Å². The third kappa shape index (κ3) is 5.45. The highest BCUT2D eigenvalue weighted by Gasteiger charge is 2.24. The van der Waals surface area contributed by atoms with Crippen LogP contribution in [0.3, 0.4) is 0 Å². The van der Waals surface area contributed by atoms with Gasteiger partial charge in [-0.15, -0.1) is 0 Å². The maximum Gasteiger partial charge on any atom is 0.328 e. The molecule has 3 aromatic rings. The van der Waals surface area contributed by atoms with Crippen molar-refractivity contribution in [3.8, 4) is 22.6 Å². The molecular formula is C24H23BrN2O5. The summed E-state index contributed by atoms with van der Waals surface area (Å²) in [5.74, 6) is -1.60. The Morgan fingerprint density at radius 3 is 2.19 bits per heavy atom. The summed E-state index contributed by atoms with van der Waals surface area (Å²) in [5.41, 5.74) is 2.71. The summed E-state index contributed by atoms with van der Waals surface area (Å²) in [5, 5.41) is 12.5. The average Bonchev–Trinajstić information content (AvgIpc) is 2.79. The summed E-state index contributed by atoms with van der Waals surface area (Å²) in [6, 6.07) is 16.2. The molecule has 1 aromatic heterocycles. The number of carbonyl (C=O) groups excluding carboxylic acids is 2. The molecule has 166 valence electrons. The van der Waals surface area contributed by atoms with Crippen LogP contribution in [0.4, 0.5) is 0 Å². The van der Waals surface area contributed by atoms with Crippen LogP contribution in [0.25, 0.3) is 11.1 Å². The minimum atomic E-state index is -0.945. The highest BCUT2D eigenvalue weighted by atomic mass is 79.9. The van der Waals surface area contributed by atoms with Gasteiger partial charge in [-0.25, -0.2) is 9.78 Å². The molecule has 0 bridgehead atoms. The lowest BCUT2D eigenvalue weighted by Gasteiger charge is -2.18. The number of hydrogen-bond acceptors (Lipinski definition) is 6. The molecule has 0 aliphatic heterocycles. The smallest absolute Gasteiger partial charge is 0.328 e. The number of esters is 1. The van der Waals surface area contributed by atoms with E-state index in [1.54, 1.807) is 6.92 Å². The Hall–Kier alpha value is -3.39. The first kappa shape index (κ1) is 23.3. The number of carbonyl (C=O) groups is 2. The Balaban J connectivity index is 1.61. The van der Waals surface area contributed by atoms with Crippen molar-refractivity contribution in [2.45, 2.75) is 26.0 Å². The molecule has 7 nitrogen and oxygen atoms in total. The summed E-state index contributed by atoms with van der Waals surface area (Å²) >= 11 is 3.42. The van der Waals surface area contributed by atoms with Crippen LogP contribution in [-0.4, -0.2) is 35.1 Å². The van der Waals surface area contributed by atoms with Gasteiger partial charge in [0.15, 0.2) is 17.2 Å². The van der Waals surface area contributed by atoms with Crippen LogP contribution in [0, 0.1) is 0 Å². The molecule has 0 saturated heterocycles. The van der Waals surface area contributed by atoms with Crippen molar-refractivity contribution in [1.29, 1.82) is 0 Å². The molecule has 0 unspecified atom stereocenters. The Labute approximate surface area is 194 Å². The molecule has 0 aliphatic rings. The predicted molar refractivity (Wildman–Crippen MR) is 123 cm³/mol. The number of ether oxygens (including phenoxy) is 2. The number of aromatic hydroxyl groups is 1. The molecule has 0 saturated carbocycles. The van der Waals surface area contributed by atoms with Crippen molar-refractivity contribution >= 4 is 27.8 Å². The number of nitrogens with zero attached hydrogens (tertiary/aromatic N) is 1. The van der Waals surface area contributed by atoms with E-state index in [2.05, 4.69) is 26.2 Å². The number of amides is 1. The number of nitrogens with one attached hydrogen (secondary N) is 1. The average molecular weight is 499 g/mol. The molecule has 0 radical (unpaired) electrons. The third-order valence-corrected chi connectivity index (χ3v) is 5.40. The van der Waals surface area contributed by atoms with Crippen molar-refractivity contribution in [2.75, 3.05) is 7.11 Å². The van der Waals surface area contributed by atoms with Gasteiger partial charge < -0.3 is 19.9 Å². The third-order valence-electron chi connectivity index (χ3n) is 4.87. The van der Waals surface area contributed by atoms with Gasteiger partial charge in [0.1, 0.15) is 12.1 Å². The van der Waals surface area contributed by atoms with E-state index in [0.29, 0.717) is 0 Å². The second-order valence-corrected chi connectivity index (χ2v) is 8.03. The van der Waals surface area contributed by atoms with Gasteiger partial charge in [-0.05, 0) is 42.7 Å². The first-order valence-electron chi connectivity index (χ1n) is 9.89. The normalized spacial score (nSPS) is 12.5. The van der Waals surface area contributed by atoms with Crippen molar-refractivity contribution in [3.63, 3.8) is 0 Å². The minimum absolute atomic E-state index is 0.112. The van der Waals surface area contributed by atoms with Crippen molar-refractivity contribution in [3.05, 3.63) is 76.5 Å². The molecule has 1 amide bonds. The Morgan fingerprint density at radius 1 is 1.00 bits per heavy atom. The van der Waals surface area contributed by atoms with E-state index in [1.807, 2.05) is 48.5 Å². The number of methoxy groups -OCH3 is 1. The van der Waals surface area contributed by atoms with Crippen LogP contribution in [0.5, 0.6) is 11.5 Å². The van der Waals surface area contributed by atoms with Gasteiger partial charge in [0, 0.05) is 16.7 Å². The predicted octanol–water partition coefficient (Wildman–Crippen LogP) is 4.65. The molecule has 0 spiro atoms. The molecule has 2 aromatic carbocycles. The minimum Gasteiger partial charge on any atom is -0.503 e. The summed E-state index contributed by atoms with van der Waals surface area (Å²) in [6.07, 6.45) is 0.820. The monoisotopic (exact) mass is 498 g/mol. The lowest BCUT2D eigenvalue weighted by atomic mass is 10.0. The molecule has 2 N–H and O–H groups in total.